The summed E-state index contributed by atoms with van der Waals surface area (Å²) in [5.74, 6) is -0.874. The Balaban J connectivity index is 1.79. The van der Waals surface area contributed by atoms with Crippen LogP contribution in [0.25, 0.3) is 11.0 Å². The van der Waals surface area contributed by atoms with Crippen molar-refractivity contribution >= 4 is 40.4 Å². The minimum atomic E-state index is -5.78. The van der Waals surface area contributed by atoms with Crippen molar-refractivity contribution in [3.05, 3.63) is 22.6 Å². The van der Waals surface area contributed by atoms with Crippen LogP contribution in [0.15, 0.2) is 17.1 Å². The number of ether oxygens (including phenoxy) is 1. The van der Waals surface area contributed by atoms with E-state index in [-0.39, 0.29) is 23.4 Å². The first-order valence-electron chi connectivity index (χ1n) is 8.51. The van der Waals surface area contributed by atoms with E-state index >= 15 is 4.39 Å². The number of nitrogens with two attached hydrogens (primary N) is 1. The SMILES string of the molecule is C#C[C@]1(n2ccc3c(=O)[nH]c(N)nc32)CC[C@@](F)(COP(=O)(O)OP(=O)(O)OP(=O)(O)O)O1. The zero-order chi connectivity index (χ0) is 24.9. The van der Waals surface area contributed by atoms with Gasteiger partial charge in [-0.2, -0.15) is 13.6 Å². The van der Waals surface area contributed by atoms with Crippen LogP contribution in [0.4, 0.5) is 10.3 Å². The number of phosphoric ester groups is 1. The molecule has 182 valence electrons. The molecular formula is C13H16FN4O12P3. The number of rotatable bonds is 8. The van der Waals surface area contributed by atoms with Gasteiger partial charge in [-0.1, -0.05) is 0 Å². The summed E-state index contributed by atoms with van der Waals surface area (Å²) in [4.78, 5) is 53.9. The molecule has 0 amide bonds. The van der Waals surface area contributed by atoms with Gasteiger partial charge >= 0.3 is 23.5 Å². The molecule has 16 nitrogen and oxygen atoms in total. The van der Waals surface area contributed by atoms with Crippen LogP contribution in [0.5, 0.6) is 0 Å². The second kappa shape index (κ2) is 8.38. The van der Waals surface area contributed by atoms with Crippen molar-refractivity contribution < 1.29 is 55.5 Å². The fourth-order valence-electron chi connectivity index (χ4n) is 3.02. The summed E-state index contributed by atoms with van der Waals surface area (Å²) in [5.41, 5.74) is 3.03. The van der Waals surface area contributed by atoms with Gasteiger partial charge in [0.1, 0.15) is 6.61 Å². The molecule has 1 saturated heterocycles. The molecule has 4 atom stereocenters. The van der Waals surface area contributed by atoms with Gasteiger partial charge in [-0.05, 0) is 12.0 Å². The van der Waals surface area contributed by atoms with Crippen LogP contribution in [0.2, 0.25) is 0 Å². The van der Waals surface area contributed by atoms with Gasteiger partial charge in [0.25, 0.3) is 5.56 Å². The van der Waals surface area contributed by atoms with Gasteiger partial charge in [0.2, 0.25) is 17.5 Å². The number of halogens is 1. The predicted octanol–water partition coefficient (Wildman–Crippen LogP) is 0.412. The van der Waals surface area contributed by atoms with Crippen molar-refractivity contribution in [3.63, 3.8) is 0 Å². The molecule has 1 aliphatic rings. The molecule has 1 fully saturated rings. The van der Waals surface area contributed by atoms with E-state index in [1.54, 1.807) is 0 Å². The third-order valence-electron chi connectivity index (χ3n) is 4.23. The Morgan fingerprint density at radius 2 is 1.94 bits per heavy atom. The van der Waals surface area contributed by atoms with E-state index in [4.69, 9.17) is 31.6 Å². The van der Waals surface area contributed by atoms with Crippen LogP contribution < -0.4 is 11.3 Å². The molecule has 0 aliphatic carbocycles. The quantitative estimate of drug-likeness (QED) is 0.199. The lowest BCUT2D eigenvalue weighted by atomic mass is 10.1. The number of H-pyrrole nitrogens is 1. The molecule has 2 aromatic rings. The van der Waals surface area contributed by atoms with E-state index in [0.717, 1.165) is 4.57 Å². The third-order valence-corrected chi connectivity index (χ3v) is 8.02. The van der Waals surface area contributed by atoms with Gasteiger partial charge in [0.05, 0.1) is 5.39 Å². The number of terminal acetylenes is 1. The molecule has 0 saturated carbocycles. The zero-order valence-electron chi connectivity index (χ0n) is 16.1. The lowest BCUT2D eigenvalue weighted by molar-refractivity contribution is -0.198. The van der Waals surface area contributed by atoms with Crippen LogP contribution in [0.1, 0.15) is 12.8 Å². The smallest absolute Gasteiger partial charge is 0.369 e. The molecule has 2 unspecified atom stereocenters. The summed E-state index contributed by atoms with van der Waals surface area (Å²) in [6, 6.07) is 1.33. The van der Waals surface area contributed by atoms with Crippen molar-refractivity contribution in [1.29, 1.82) is 0 Å². The maximum atomic E-state index is 15.2. The van der Waals surface area contributed by atoms with Crippen molar-refractivity contribution in [2.45, 2.75) is 24.4 Å². The largest absolute Gasteiger partial charge is 0.490 e. The first kappa shape index (κ1) is 25.7. The maximum absolute atomic E-state index is 15.2. The number of nitrogens with one attached hydrogen (secondary N) is 1. The van der Waals surface area contributed by atoms with Crippen LogP contribution in [0, 0.1) is 12.3 Å². The average Bonchev–Trinajstić information content (AvgIpc) is 3.20. The summed E-state index contributed by atoms with van der Waals surface area (Å²) in [5, 5.41) is 0.0621. The van der Waals surface area contributed by atoms with E-state index in [1.807, 2.05) is 0 Å². The number of anilines is 1. The van der Waals surface area contributed by atoms with Crippen molar-refractivity contribution in [2.75, 3.05) is 12.3 Å². The summed E-state index contributed by atoms with van der Waals surface area (Å²) in [6.45, 7) is -1.37. The number of fused-ring (bicyclic) bond motifs is 1. The highest BCUT2D eigenvalue weighted by Crippen LogP contribution is 2.66. The van der Waals surface area contributed by atoms with Crippen molar-refractivity contribution in [3.8, 4) is 12.3 Å². The number of nitrogens with zero attached hydrogens (tertiary/aromatic N) is 2. The second-order valence-corrected chi connectivity index (χ2v) is 11.1. The fraction of sp³-hybridized carbons (Fsp3) is 0.385. The Bertz CT molecular complexity index is 1330. The van der Waals surface area contributed by atoms with Crippen LogP contribution in [-0.2, 0) is 37.3 Å². The standard InChI is InChI=1S/C13H16FN4O12P3/c1-2-13(18-6-3-8-9(18)16-11(15)17-10(8)19)5-4-12(14,28-13)7-27-32(23,24)30-33(25,26)29-31(20,21)22/h1,3,6H,4-5,7H2,(H,23,24)(H,25,26)(H2,20,21,22)(H3,15,16,17,19)/t12-,13+/m0/s1. The summed E-state index contributed by atoms with van der Waals surface area (Å²) >= 11 is 0. The molecule has 33 heavy (non-hydrogen) atoms. The number of hydrogen-bond donors (Lipinski definition) is 6. The molecule has 0 bridgehead atoms. The minimum Gasteiger partial charge on any atom is -0.369 e. The van der Waals surface area contributed by atoms with Crippen LogP contribution in [0.3, 0.4) is 0 Å². The monoisotopic (exact) mass is 532 g/mol. The average molecular weight is 532 g/mol. The lowest BCUT2D eigenvalue weighted by Crippen LogP contribution is -2.37. The summed E-state index contributed by atoms with van der Waals surface area (Å²) in [6.07, 6.45) is 6.07. The normalized spacial score (nSPS) is 27.2. The van der Waals surface area contributed by atoms with E-state index in [9.17, 15) is 23.4 Å². The molecule has 0 aromatic carbocycles. The Morgan fingerprint density at radius 1 is 1.27 bits per heavy atom. The number of nitrogen functional groups attached to an aromatic ring is 1. The van der Waals surface area contributed by atoms with E-state index < -0.39 is 53.6 Å². The molecule has 0 radical (unpaired) electrons. The first-order valence-corrected chi connectivity index (χ1v) is 13.0. The number of hydrogen-bond acceptors (Lipinski definition) is 10. The van der Waals surface area contributed by atoms with Gasteiger partial charge < -0.3 is 30.0 Å². The van der Waals surface area contributed by atoms with Gasteiger partial charge in [-0.3, -0.25) is 18.9 Å². The highest BCUT2D eigenvalue weighted by molar-refractivity contribution is 7.66. The number of alkyl halides is 1. The highest BCUT2D eigenvalue weighted by atomic mass is 31.3. The Hall–Kier alpha value is -1.92. The second-order valence-electron chi connectivity index (χ2n) is 6.65. The zero-order valence-corrected chi connectivity index (χ0v) is 18.8. The van der Waals surface area contributed by atoms with Gasteiger partial charge in [-0.25, -0.2) is 18.1 Å². The summed E-state index contributed by atoms with van der Waals surface area (Å²) in [7, 11) is -17.0. The molecule has 1 aliphatic heterocycles. The van der Waals surface area contributed by atoms with E-state index in [2.05, 4.69) is 29.0 Å². The van der Waals surface area contributed by atoms with Crippen molar-refractivity contribution in [2.24, 2.45) is 0 Å². The topological polar surface area (TPSA) is 246 Å². The fourth-order valence-corrected chi connectivity index (χ4v) is 6.07. The molecular weight excluding hydrogens is 516 g/mol. The summed E-state index contributed by atoms with van der Waals surface area (Å²) < 4.78 is 66.9. The van der Waals surface area contributed by atoms with Crippen LogP contribution in [-0.4, -0.2) is 46.6 Å². The molecule has 2 aromatic heterocycles. The number of aromatic amines is 1. The Labute approximate surface area is 182 Å². The predicted molar refractivity (Wildman–Crippen MR) is 106 cm³/mol. The maximum Gasteiger partial charge on any atom is 0.490 e. The van der Waals surface area contributed by atoms with Crippen molar-refractivity contribution in [1.82, 2.24) is 14.5 Å². The third kappa shape index (κ3) is 5.78. The molecule has 3 rings (SSSR count). The van der Waals surface area contributed by atoms with E-state index in [1.165, 1.54) is 12.3 Å². The molecule has 20 heteroatoms. The highest BCUT2D eigenvalue weighted by Gasteiger charge is 2.53. The first-order chi connectivity index (χ1) is 15.0. The molecule has 0 spiro atoms. The Morgan fingerprint density at radius 3 is 2.55 bits per heavy atom. The van der Waals surface area contributed by atoms with Gasteiger partial charge in [-0.15, -0.1) is 6.42 Å². The number of aromatic nitrogens is 3. The number of phosphoric acid groups is 3. The molecule has 3 heterocycles. The molecule has 7 N–H and O–H groups in total. The minimum absolute atomic E-state index is 0.0358. The van der Waals surface area contributed by atoms with Gasteiger partial charge in [0.15, 0.2) is 5.65 Å². The van der Waals surface area contributed by atoms with E-state index in [0.29, 0.717) is 0 Å². The van der Waals surface area contributed by atoms with Gasteiger partial charge in [0, 0.05) is 19.0 Å². The lowest BCUT2D eigenvalue weighted by Gasteiger charge is -2.28. The Kier molecular flexibility index (Phi) is 6.53. The van der Waals surface area contributed by atoms with Crippen LogP contribution >= 0.6 is 23.5 Å².